The fraction of sp³-hybridized carbons (Fsp3) is 0.400. The standard InChI is InChI=1S/C25H32ClFN2O7P2/c1-3-33-37(31)35-15-13-25(30,14-16-36-38(32)34-4-2)17-24-23(19-5-7-20(26)8-6-19)18-29(28-24)22-11-9-21(27)10-12-22/h5-12,18,30,37-38H,3-4,13-17H2,1-2H3. The summed E-state index contributed by atoms with van der Waals surface area (Å²) in [6.07, 6.45) is 2.02. The summed E-state index contributed by atoms with van der Waals surface area (Å²) in [7, 11) is -5.37. The lowest BCUT2D eigenvalue weighted by atomic mass is 9.89. The van der Waals surface area contributed by atoms with Crippen LogP contribution in [0.15, 0.2) is 54.7 Å². The molecule has 0 saturated carbocycles. The van der Waals surface area contributed by atoms with Crippen molar-refractivity contribution in [2.45, 2.75) is 38.7 Å². The number of rotatable bonds is 16. The largest absolute Gasteiger partial charge is 0.389 e. The number of aromatic nitrogens is 2. The Hall–Kier alpha value is -1.87. The van der Waals surface area contributed by atoms with Gasteiger partial charge in [-0.3, -0.25) is 9.13 Å². The van der Waals surface area contributed by atoms with Gasteiger partial charge >= 0.3 is 16.5 Å². The lowest BCUT2D eigenvalue weighted by Gasteiger charge is -2.28. The van der Waals surface area contributed by atoms with Gasteiger partial charge in [-0.1, -0.05) is 23.7 Å². The first kappa shape index (κ1) is 30.7. The molecule has 13 heteroatoms. The zero-order chi connectivity index (χ0) is 27.5. The Labute approximate surface area is 227 Å². The first-order chi connectivity index (χ1) is 18.2. The van der Waals surface area contributed by atoms with Crippen molar-refractivity contribution in [1.82, 2.24) is 9.78 Å². The molecule has 2 atom stereocenters. The van der Waals surface area contributed by atoms with Crippen molar-refractivity contribution in [3.63, 3.8) is 0 Å². The summed E-state index contributed by atoms with van der Waals surface area (Å²) in [6, 6.07) is 13.1. The first-order valence-electron chi connectivity index (χ1n) is 12.1. The van der Waals surface area contributed by atoms with E-state index in [9.17, 15) is 18.6 Å². The van der Waals surface area contributed by atoms with Gasteiger partial charge in [0.15, 0.2) is 0 Å². The average molecular weight is 589 g/mol. The molecule has 9 nitrogen and oxygen atoms in total. The van der Waals surface area contributed by atoms with Crippen molar-refractivity contribution in [3.8, 4) is 16.8 Å². The zero-order valence-corrected chi connectivity index (χ0v) is 23.9. The van der Waals surface area contributed by atoms with Gasteiger partial charge in [-0.15, -0.1) is 0 Å². The molecule has 0 aliphatic rings. The summed E-state index contributed by atoms with van der Waals surface area (Å²) in [5.41, 5.74) is 1.31. The number of aliphatic hydroxyl groups is 1. The second-order valence-electron chi connectivity index (χ2n) is 8.38. The minimum absolute atomic E-state index is 0.0378. The third-order valence-corrected chi connectivity index (χ3v) is 7.81. The van der Waals surface area contributed by atoms with Crippen molar-refractivity contribution >= 4 is 28.1 Å². The Balaban J connectivity index is 1.90. The molecule has 0 radical (unpaired) electrons. The molecule has 0 saturated heterocycles. The van der Waals surface area contributed by atoms with Crippen LogP contribution in [-0.4, -0.2) is 46.9 Å². The van der Waals surface area contributed by atoms with E-state index in [0.717, 1.165) is 11.1 Å². The average Bonchev–Trinajstić information content (AvgIpc) is 3.28. The van der Waals surface area contributed by atoms with Gasteiger partial charge < -0.3 is 23.2 Å². The van der Waals surface area contributed by atoms with E-state index >= 15 is 0 Å². The van der Waals surface area contributed by atoms with Gasteiger partial charge in [0.1, 0.15) is 5.82 Å². The van der Waals surface area contributed by atoms with Crippen LogP contribution in [-0.2, 0) is 33.6 Å². The molecule has 3 aromatic rings. The van der Waals surface area contributed by atoms with Crippen molar-refractivity contribution in [2.75, 3.05) is 26.4 Å². The smallest absolute Gasteiger partial charge is 0.319 e. The number of nitrogens with zero attached hydrogens (tertiary/aromatic N) is 2. The van der Waals surface area contributed by atoms with E-state index in [1.165, 1.54) is 12.1 Å². The number of halogens is 2. The van der Waals surface area contributed by atoms with Gasteiger partial charge in [-0.2, -0.15) is 5.10 Å². The van der Waals surface area contributed by atoms with Gasteiger partial charge in [0.2, 0.25) is 0 Å². The van der Waals surface area contributed by atoms with E-state index in [0.29, 0.717) is 16.4 Å². The lowest BCUT2D eigenvalue weighted by Crippen LogP contribution is -2.34. The predicted octanol–water partition coefficient (Wildman–Crippen LogP) is 6.27. The highest BCUT2D eigenvalue weighted by atomic mass is 35.5. The topological polar surface area (TPSA) is 109 Å². The number of benzene rings is 2. The fourth-order valence-corrected chi connectivity index (χ4v) is 5.02. The highest BCUT2D eigenvalue weighted by Gasteiger charge is 2.31. The van der Waals surface area contributed by atoms with Gasteiger partial charge in [-0.25, -0.2) is 9.07 Å². The van der Waals surface area contributed by atoms with E-state index in [1.807, 2.05) is 12.1 Å². The molecule has 1 N–H and O–H groups in total. The zero-order valence-electron chi connectivity index (χ0n) is 21.2. The number of hydrogen-bond donors (Lipinski definition) is 1. The molecule has 2 aromatic carbocycles. The Morgan fingerprint density at radius 3 is 2.00 bits per heavy atom. The second-order valence-corrected chi connectivity index (χ2v) is 11.0. The highest BCUT2D eigenvalue weighted by molar-refractivity contribution is 7.33. The summed E-state index contributed by atoms with van der Waals surface area (Å²) in [4.78, 5) is 0. The summed E-state index contributed by atoms with van der Waals surface area (Å²) >= 11 is 6.08. The van der Waals surface area contributed by atoms with Crippen LogP contribution >= 0.6 is 28.1 Å². The molecule has 0 spiro atoms. The molecule has 0 fully saturated rings. The minimum Gasteiger partial charge on any atom is -0.389 e. The highest BCUT2D eigenvalue weighted by Crippen LogP contribution is 2.33. The Kier molecular flexibility index (Phi) is 12.2. The van der Waals surface area contributed by atoms with Gasteiger partial charge in [0.05, 0.1) is 43.4 Å². The summed E-state index contributed by atoms with van der Waals surface area (Å²) in [5, 5.41) is 16.9. The van der Waals surface area contributed by atoms with Crippen molar-refractivity contribution < 1.29 is 36.7 Å². The SMILES string of the molecule is CCO[PH](=O)OCCC(O)(CCO[PH](=O)OCC)Cc1nn(-c2ccc(F)cc2)cc1-c1ccc(Cl)cc1. The van der Waals surface area contributed by atoms with Gasteiger partial charge in [0.25, 0.3) is 0 Å². The second kappa shape index (κ2) is 15.1. The predicted molar refractivity (Wildman–Crippen MR) is 145 cm³/mol. The molecule has 208 valence electrons. The van der Waals surface area contributed by atoms with Crippen LogP contribution in [0.1, 0.15) is 32.4 Å². The van der Waals surface area contributed by atoms with Gasteiger partial charge in [-0.05, 0) is 55.8 Å². The third kappa shape index (κ3) is 9.40. The normalized spacial score (nSPS) is 14.8. The van der Waals surface area contributed by atoms with E-state index in [-0.39, 0.29) is 51.5 Å². The Morgan fingerprint density at radius 1 is 0.921 bits per heavy atom. The molecule has 2 unspecified atom stereocenters. The molecule has 3 rings (SSSR count). The van der Waals surface area contributed by atoms with Crippen molar-refractivity contribution in [1.29, 1.82) is 0 Å². The third-order valence-electron chi connectivity index (χ3n) is 5.63. The summed E-state index contributed by atoms with van der Waals surface area (Å²) < 4.78 is 59.3. The van der Waals surface area contributed by atoms with Crippen LogP contribution < -0.4 is 0 Å². The minimum atomic E-state index is -2.69. The van der Waals surface area contributed by atoms with E-state index in [4.69, 9.17) is 34.8 Å². The molecular weight excluding hydrogens is 557 g/mol. The molecule has 0 bridgehead atoms. The lowest BCUT2D eigenvalue weighted by molar-refractivity contribution is -0.00124. The maximum atomic E-state index is 13.5. The van der Waals surface area contributed by atoms with Gasteiger partial charge in [0, 0.05) is 36.0 Å². The van der Waals surface area contributed by atoms with Crippen LogP contribution in [0.5, 0.6) is 0 Å². The molecule has 0 aliphatic carbocycles. The van der Waals surface area contributed by atoms with Crippen molar-refractivity contribution in [3.05, 3.63) is 71.3 Å². The van der Waals surface area contributed by atoms with Crippen LogP contribution in [0.2, 0.25) is 5.02 Å². The van der Waals surface area contributed by atoms with Crippen LogP contribution in [0.3, 0.4) is 0 Å². The molecule has 0 amide bonds. The fourth-order valence-electron chi connectivity index (χ4n) is 3.72. The Morgan fingerprint density at radius 2 is 1.47 bits per heavy atom. The summed E-state index contributed by atoms with van der Waals surface area (Å²) in [6.45, 7) is 3.82. The molecule has 1 heterocycles. The molecule has 0 aliphatic heterocycles. The van der Waals surface area contributed by atoms with Crippen LogP contribution in [0.25, 0.3) is 16.8 Å². The van der Waals surface area contributed by atoms with E-state index < -0.39 is 22.1 Å². The molecule has 1 aromatic heterocycles. The maximum Gasteiger partial charge on any atom is 0.319 e. The number of hydrogen-bond acceptors (Lipinski definition) is 8. The quantitative estimate of drug-likeness (QED) is 0.195. The van der Waals surface area contributed by atoms with Crippen LogP contribution in [0.4, 0.5) is 4.39 Å². The molecule has 38 heavy (non-hydrogen) atoms. The van der Waals surface area contributed by atoms with Crippen LogP contribution in [0, 0.1) is 5.82 Å². The summed E-state index contributed by atoms with van der Waals surface area (Å²) in [5.74, 6) is -0.369. The maximum absolute atomic E-state index is 13.5. The Bertz CT molecular complexity index is 1190. The molecular formula is C25H32ClFN2O7P2. The van der Waals surface area contributed by atoms with Crippen molar-refractivity contribution in [2.24, 2.45) is 0 Å². The van der Waals surface area contributed by atoms with E-state index in [1.54, 1.807) is 49.0 Å². The van der Waals surface area contributed by atoms with E-state index in [2.05, 4.69) is 0 Å². The first-order valence-corrected chi connectivity index (χ1v) is 15.0. The monoisotopic (exact) mass is 588 g/mol.